The Bertz CT molecular complexity index is 2570. The molecule has 0 saturated carbocycles. The van der Waals surface area contributed by atoms with Gasteiger partial charge in [0.15, 0.2) is 5.54 Å². The summed E-state index contributed by atoms with van der Waals surface area (Å²) in [5, 5.41) is 21.8. The lowest BCUT2D eigenvalue weighted by Gasteiger charge is -2.47. The van der Waals surface area contributed by atoms with E-state index in [1.54, 1.807) is 6.07 Å². The van der Waals surface area contributed by atoms with Crippen molar-refractivity contribution in [2.75, 3.05) is 23.7 Å². The van der Waals surface area contributed by atoms with Crippen molar-refractivity contribution in [3.8, 4) is 11.5 Å². The summed E-state index contributed by atoms with van der Waals surface area (Å²) in [7, 11) is -4.46. The zero-order valence-electron chi connectivity index (χ0n) is 30.0. The molecule has 0 radical (unpaired) electrons. The highest BCUT2D eigenvalue weighted by Crippen LogP contribution is 2.53. The Morgan fingerprint density at radius 1 is 0.925 bits per heavy atom. The lowest BCUT2D eigenvalue weighted by atomic mass is 9.78. The van der Waals surface area contributed by atoms with Gasteiger partial charge >= 0.3 is 11.9 Å². The van der Waals surface area contributed by atoms with Gasteiger partial charge in [-0.25, -0.2) is 14.2 Å². The number of carbonyl (C=O) groups is 2. The van der Waals surface area contributed by atoms with Crippen molar-refractivity contribution in [1.29, 1.82) is 0 Å². The fraction of sp³-hybridized carbons (Fsp3) is 0.375. The van der Waals surface area contributed by atoms with Crippen LogP contribution in [0.25, 0.3) is 16.7 Å². The second kappa shape index (κ2) is 11.9. The Labute approximate surface area is 317 Å². The van der Waals surface area contributed by atoms with E-state index in [9.17, 15) is 32.8 Å². The molecule has 0 amide bonds. The van der Waals surface area contributed by atoms with Crippen molar-refractivity contribution in [1.82, 2.24) is 4.58 Å². The average Bonchev–Trinajstić information content (AvgIpc) is 3.07. The van der Waals surface area contributed by atoms with Crippen LogP contribution < -0.4 is 24.8 Å². The van der Waals surface area contributed by atoms with Gasteiger partial charge in [0, 0.05) is 59.9 Å². The van der Waals surface area contributed by atoms with Crippen LogP contribution in [0.15, 0.2) is 30.4 Å². The van der Waals surface area contributed by atoms with Crippen LogP contribution in [0.1, 0.15) is 108 Å². The zero-order chi connectivity index (χ0) is 38.1. The molecule has 0 aliphatic carbocycles. The standard InChI is InChI=1S/C40H38Cl2N2O8S/c1-6-19-16-39(2,3)43-11-7-9-21-33(43)23(19)13-25-29(30-28(41)15-27(37(45)46)32(42)31(30)38(47)48)26-14-24-20(18-53(49,50)51)17-40(4,5)44-12-8-10-22(34(24)44)36(26)52-35(21)25/h13-17H,6-12,18H2,1-5H3,(H2-,45,46,47,48,49,50,51)/p+1. The number of halogens is 2. The number of rotatable bonds is 6. The first-order chi connectivity index (χ1) is 24.8. The van der Waals surface area contributed by atoms with E-state index in [0.29, 0.717) is 58.4 Å². The van der Waals surface area contributed by atoms with E-state index in [1.807, 2.05) is 26.0 Å². The third-order valence-electron chi connectivity index (χ3n) is 11.4. The van der Waals surface area contributed by atoms with E-state index in [4.69, 9.17) is 27.9 Å². The third-order valence-corrected chi connectivity index (χ3v) is 12.7. The molecule has 3 aromatic carbocycles. The number of allylic oxidation sites excluding steroid dienone is 1. The summed E-state index contributed by atoms with van der Waals surface area (Å²) in [6.07, 6.45) is 7.77. The van der Waals surface area contributed by atoms with Crippen LogP contribution >= 0.6 is 23.2 Å². The van der Waals surface area contributed by atoms with Crippen molar-refractivity contribution in [3.63, 3.8) is 0 Å². The van der Waals surface area contributed by atoms with Crippen LogP contribution in [-0.2, 0) is 23.0 Å². The fourth-order valence-electron chi connectivity index (χ4n) is 9.32. The lowest BCUT2D eigenvalue weighted by molar-refractivity contribution is 0.0695. The van der Waals surface area contributed by atoms with Crippen LogP contribution in [0.4, 0.5) is 5.69 Å². The summed E-state index contributed by atoms with van der Waals surface area (Å²) in [5.74, 6) is -2.44. The maximum Gasteiger partial charge on any atom is 0.337 e. The molecule has 5 aliphatic heterocycles. The Kier molecular flexibility index (Phi) is 8.06. The molecule has 0 saturated heterocycles. The third kappa shape index (κ3) is 5.37. The Morgan fingerprint density at radius 3 is 2.30 bits per heavy atom. The predicted molar refractivity (Wildman–Crippen MR) is 205 cm³/mol. The number of fused-ring (bicyclic) bond motifs is 4. The molecule has 5 heterocycles. The monoisotopic (exact) mass is 777 g/mol. The molecule has 53 heavy (non-hydrogen) atoms. The molecule has 0 fully saturated rings. The van der Waals surface area contributed by atoms with Crippen LogP contribution in [0.5, 0.6) is 11.5 Å². The molecule has 10 nitrogen and oxygen atoms in total. The second-order valence-electron chi connectivity index (χ2n) is 15.5. The fourth-order valence-corrected chi connectivity index (χ4v) is 10.6. The highest BCUT2D eigenvalue weighted by Gasteiger charge is 2.43. The van der Waals surface area contributed by atoms with Gasteiger partial charge in [0.1, 0.15) is 23.8 Å². The van der Waals surface area contributed by atoms with E-state index >= 15 is 0 Å². The minimum atomic E-state index is -4.46. The number of nitrogens with zero attached hydrogens (tertiary/aromatic N) is 2. The minimum absolute atomic E-state index is 0.0363. The molecule has 3 N–H and O–H groups in total. The number of aromatic carboxylic acids is 2. The number of hydrogen-bond donors (Lipinski definition) is 3. The molecule has 0 unspecified atom stereocenters. The van der Waals surface area contributed by atoms with Gasteiger partial charge in [0.2, 0.25) is 5.36 Å². The Hall–Kier alpha value is -4.16. The molecular formula is C40H39Cl2N2O8S+. The summed E-state index contributed by atoms with van der Waals surface area (Å²) in [6, 6.07) is 5.00. The number of carboxylic acids is 2. The van der Waals surface area contributed by atoms with Gasteiger partial charge in [-0.1, -0.05) is 36.2 Å². The van der Waals surface area contributed by atoms with Gasteiger partial charge in [-0.2, -0.15) is 8.42 Å². The summed E-state index contributed by atoms with van der Waals surface area (Å²) < 4.78 is 44.6. The molecule has 8 rings (SSSR count). The van der Waals surface area contributed by atoms with Gasteiger partial charge < -0.3 is 19.8 Å². The highest BCUT2D eigenvalue weighted by atomic mass is 35.5. The Morgan fingerprint density at radius 2 is 1.64 bits per heavy atom. The van der Waals surface area contributed by atoms with Gasteiger partial charge in [0.25, 0.3) is 10.1 Å². The first-order valence-corrected chi connectivity index (χ1v) is 20.1. The quantitative estimate of drug-likeness (QED) is 0.146. The van der Waals surface area contributed by atoms with Crippen molar-refractivity contribution >= 4 is 67.7 Å². The van der Waals surface area contributed by atoms with E-state index in [1.165, 1.54) is 6.07 Å². The van der Waals surface area contributed by atoms with Crippen molar-refractivity contribution in [2.45, 2.75) is 77.8 Å². The normalized spacial score (nSPS) is 18.9. The van der Waals surface area contributed by atoms with E-state index in [2.05, 4.69) is 36.3 Å². The van der Waals surface area contributed by atoms with Crippen LogP contribution in [0.2, 0.25) is 10.0 Å². The van der Waals surface area contributed by atoms with E-state index < -0.39 is 49.5 Å². The summed E-state index contributed by atoms with van der Waals surface area (Å²) >= 11 is 13.7. The number of anilines is 1. The molecule has 13 heteroatoms. The molecule has 0 aromatic heterocycles. The number of carboxylic acid groups (broad SMARTS) is 2. The van der Waals surface area contributed by atoms with Crippen molar-refractivity contribution in [2.24, 2.45) is 0 Å². The van der Waals surface area contributed by atoms with Crippen LogP contribution in [-0.4, -0.2) is 65.0 Å². The SMILES string of the molecule is CCC1=CC(C)(C)[N+]2=c3c1cc1c(c3CCC2)Oc2c(cc3c4c2CCCN4C(C)(C)C=C3CS(=O)(=O)O)C=1c1c(Cl)cc(C(=O)O)c(Cl)c1C(=O)O. The largest absolute Gasteiger partial charge is 0.478 e. The average molecular weight is 779 g/mol. The molecule has 0 bridgehead atoms. The molecule has 3 aromatic rings. The molecule has 5 aliphatic rings. The molecule has 276 valence electrons. The van der Waals surface area contributed by atoms with E-state index in [-0.39, 0.29) is 16.1 Å². The predicted octanol–water partition coefficient (Wildman–Crippen LogP) is 6.58. The number of ether oxygens (including phenoxy) is 1. The van der Waals surface area contributed by atoms with Crippen molar-refractivity contribution in [3.05, 3.63) is 95.5 Å². The first kappa shape index (κ1) is 35.8. The van der Waals surface area contributed by atoms with Gasteiger partial charge in [-0.3, -0.25) is 4.55 Å². The van der Waals surface area contributed by atoms with Gasteiger partial charge in [-0.15, -0.1) is 0 Å². The summed E-state index contributed by atoms with van der Waals surface area (Å²) in [6.45, 7) is 12.0. The van der Waals surface area contributed by atoms with Crippen molar-refractivity contribution < 1.29 is 37.5 Å². The minimum Gasteiger partial charge on any atom is -0.478 e. The number of hydrogen-bond acceptors (Lipinski definition) is 6. The molecular weight excluding hydrogens is 739 g/mol. The topological polar surface area (TPSA) is 144 Å². The van der Waals surface area contributed by atoms with Crippen LogP contribution in [0.3, 0.4) is 0 Å². The molecule has 0 atom stereocenters. The molecule has 0 spiro atoms. The zero-order valence-corrected chi connectivity index (χ0v) is 32.3. The maximum absolute atomic E-state index is 13.2. The number of benzene rings is 3. The smallest absolute Gasteiger partial charge is 0.337 e. The summed E-state index contributed by atoms with van der Waals surface area (Å²) in [4.78, 5) is 27.7. The summed E-state index contributed by atoms with van der Waals surface area (Å²) in [5.41, 5.74) is 4.83. The van der Waals surface area contributed by atoms with Crippen LogP contribution in [0, 0.1) is 0 Å². The Balaban J connectivity index is 1.60. The maximum atomic E-state index is 13.2. The van der Waals surface area contributed by atoms with Gasteiger partial charge in [0.05, 0.1) is 43.5 Å². The first-order valence-electron chi connectivity index (χ1n) is 17.7. The van der Waals surface area contributed by atoms with Gasteiger partial charge in [-0.05, 0) is 75.0 Å². The lowest BCUT2D eigenvalue weighted by Crippen LogP contribution is -2.53. The second-order valence-corrected chi connectivity index (χ2v) is 17.8. The van der Waals surface area contributed by atoms with E-state index in [0.717, 1.165) is 59.1 Å². The highest BCUT2D eigenvalue weighted by molar-refractivity contribution is 7.86.